The van der Waals surface area contributed by atoms with Gasteiger partial charge in [-0.1, -0.05) is 18.2 Å². The van der Waals surface area contributed by atoms with Crippen molar-refractivity contribution in [3.05, 3.63) is 71.7 Å². The number of carbonyl (C=O) groups excluding carboxylic acids is 2. The van der Waals surface area contributed by atoms with Crippen molar-refractivity contribution in [2.45, 2.75) is 13.5 Å². The van der Waals surface area contributed by atoms with Crippen molar-refractivity contribution in [3.63, 3.8) is 0 Å². The maximum absolute atomic E-state index is 12.1. The summed E-state index contributed by atoms with van der Waals surface area (Å²) in [5, 5.41) is 14.6. The number of anilines is 1. The molecule has 0 radical (unpaired) electrons. The van der Waals surface area contributed by atoms with E-state index < -0.39 is 5.91 Å². The zero-order chi connectivity index (χ0) is 17.4. The lowest BCUT2D eigenvalue weighted by Gasteiger charge is -2.06. The fourth-order valence-electron chi connectivity index (χ4n) is 1.92. The lowest BCUT2D eigenvalue weighted by Crippen LogP contribution is -2.17. The third kappa shape index (κ3) is 4.78. The Morgan fingerprint density at radius 2 is 2.08 bits per heavy atom. The van der Waals surface area contributed by atoms with Crippen molar-refractivity contribution in [2.75, 3.05) is 5.32 Å². The number of rotatable bonds is 6. The van der Waals surface area contributed by atoms with Crippen LogP contribution in [-0.4, -0.2) is 16.7 Å². The van der Waals surface area contributed by atoms with Crippen LogP contribution < -0.4 is 10.6 Å². The Hall–Kier alpha value is -3.46. The predicted molar refractivity (Wildman–Crippen MR) is 89.8 cm³/mol. The summed E-state index contributed by atoms with van der Waals surface area (Å²) in [6.45, 7) is 1.85. The molecule has 0 atom stereocenters. The van der Waals surface area contributed by atoms with Crippen molar-refractivity contribution in [1.29, 1.82) is 5.26 Å². The van der Waals surface area contributed by atoms with Crippen molar-refractivity contribution in [3.8, 4) is 6.07 Å². The summed E-state index contributed by atoms with van der Waals surface area (Å²) in [5.74, 6) is -0.647. The highest BCUT2D eigenvalue weighted by atomic mass is 16.1. The summed E-state index contributed by atoms with van der Waals surface area (Å²) in [6, 6.07) is 13.9. The number of pyridine rings is 1. The van der Waals surface area contributed by atoms with E-state index in [0.717, 1.165) is 5.69 Å². The second-order valence-corrected chi connectivity index (χ2v) is 4.96. The quantitative estimate of drug-likeness (QED) is 0.484. The van der Waals surface area contributed by atoms with E-state index in [9.17, 15) is 9.59 Å². The van der Waals surface area contributed by atoms with Gasteiger partial charge in [0, 0.05) is 23.6 Å². The van der Waals surface area contributed by atoms with Gasteiger partial charge in [-0.25, -0.2) is 0 Å². The SMILES string of the molecule is CC(=O)c1cccc(NC(=O)/C(C#N)=C\NCc2ccccn2)c1. The average molecular weight is 320 g/mol. The molecule has 0 saturated carbocycles. The van der Waals surface area contributed by atoms with Gasteiger partial charge < -0.3 is 10.6 Å². The molecule has 6 nitrogen and oxygen atoms in total. The summed E-state index contributed by atoms with van der Waals surface area (Å²) in [7, 11) is 0. The highest BCUT2D eigenvalue weighted by molar-refractivity contribution is 6.07. The van der Waals surface area contributed by atoms with Crippen LogP contribution in [0.4, 0.5) is 5.69 Å². The molecule has 2 rings (SSSR count). The largest absolute Gasteiger partial charge is 0.384 e. The molecule has 1 aromatic carbocycles. The number of nitrogens with one attached hydrogen (secondary N) is 2. The smallest absolute Gasteiger partial charge is 0.267 e. The number of hydrogen-bond donors (Lipinski definition) is 2. The minimum Gasteiger partial charge on any atom is -0.384 e. The van der Waals surface area contributed by atoms with Crippen LogP contribution in [0.1, 0.15) is 23.0 Å². The minimum atomic E-state index is -0.549. The molecule has 0 bridgehead atoms. The van der Waals surface area contributed by atoms with E-state index in [-0.39, 0.29) is 11.4 Å². The van der Waals surface area contributed by atoms with Crippen molar-refractivity contribution in [1.82, 2.24) is 10.3 Å². The predicted octanol–water partition coefficient (Wildman–Crippen LogP) is 2.42. The van der Waals surface area contributed by atoms with Crippen LogP contribution >= 0.6 is 0 Å². The third-order valence-corrected chi connectivity index (χ3v) is 3.15. The Kier molecular flexibility index (Phi) is 5.81. The summed E-state index contributed by atoms with van der Waals surface area (Å²) in [5.41, 5.74) is 1.67. The maximum Gasteiger partial charge on any atom is 0.267 e. The van der Waals surface area contributed by atoms with Gasteiger partial charge >= 0.3 is 0 Å². The molecule has 0 aliphatic heterocycles. The standard InChI is InChI=1S/C18H16N4O2/c1-13(23)14-5-4-7-16(9-14)22-18(24)15(10-19)11-20-12-17-6-2-3-8-21-17/h2-9,11,20H,12H2,1H3,(H,22,24)/b15-11-. The number of ketones is 1. The molecule has 0 saturated heterocycles. The van der Waals surface area contributed by atoms with Crippen LogP contribution in [0.25, 0.3) is 0 Å². The topological polar surface area (TPSA) is 94.9 Å². The first-order valence-corrected chi connectivity index (χ1v) is 7.26. The summed E-state index contributed by atoms with van der Waals surface area (Å²) in [6.07, 6.45) is 3.01. The molecule has 24 heavy (non-hydrogen) atoms. The molecule has 6 heteroatoms. The Labute approximate surface area is 139 Å². The van der Waals surface area contributed by atoms with Crippen LogP contribution in [0.3, 0.4) is 0 Å². The van der Waals surface area contributed by atoms with Gasteiger partial charge in [0.2, 0.25) is 0 Å². The van der Waals surface area contributed by atoms with E-state index in [2.05, 4.69) is 15.6 Å². The number of aromatic nitrogens is 1. The van der Waals surface area contributed by atoms with Gasteiger partial charge in [-0.3, -0.25) is 14.6 Å². The summed E-state index contributed by atoms with van der Waals surface area (Å²) in [4.78, 5) is 27.6. The van der Waals surface area contributed by atoms with Crippen LogP contribution in [0.2, 0.25) is 0 Å². The first-order valence-electron chi connectivity index (χ1n) is 7.26. The second-order valence-electron chi connectivity index (χ2n) is 4.96. The monoisotopic (exact) mass is 320 g/mol. The third-order valence-electron chi connectivity index (χ3n) is 3.15. The second kappa shape index (κ2) is 8.25. The molecule has 0 spiro atoms. The van der Waals surface area contributed by atoms with Crippen LogP contribution in [-0.2, 0) is 11.3 Å². The van der Waals surface area contributed by atoms with Crippen molar-refractivity contribution >= 4 is 17.4 Å². The Morgan fingerprint density at radius 3 is 2.75 bits per heavy atom. The number of Topliss-reactive ketones (excluding diaryl/α,β-unsaturated/α-hetero) is 1. The summed E-state index contributed by atoms with van der Waals surface area (Å²) >= 11 is 0. The molecule has 0 unspecified atom stereocenters. The molecule has 1 aromatic heterocycles. The number of nitrogens with zero attached hydrogens (tertiary/aromatic N) is 2. The molecular formula is C18H16N4O2. The normalized spacial score (nSPS) is 10.6. The van der Waals surface area contributed by atoms with E-state index >= 15 is 0 Å². The number of carbonyl (C=O) groups is 2. The molecule has 2 aromatic rings. The van der Waals surface area contributed by atoms with Crippen molar-refractivity contribution < 1.29 is 9.59 Å². The fraction of sp³-hybridized carbons (Fsp3) is 0.111. The molecule has 2 N–H and O–H groups in total. The molecule has 1 amide bonds. The number of hydrogen-bond acceptors (Lipinski definition) is 5. The van der Waals surface area contributed by atoms with E-state index in [1.54, 1.807) is 30.5 Å². The van der Waals surface area contributed by atoms with E-state index in [1.165, 1.54) is 13.1 Å². The maximum atomic E-state index is 12.1. The minimum absolute atomic E-state index is 0.0702. The average Bonchev–Trinajstić information content (AvgIpc) is 2.59. The highest BCUT2D eigenvalue weighted by Crippen LogP contribution is 2.12. The number of benzene rings is 1. The van der Waals surface area contributed by atoms with Gasteiger partial charge in [-0.2, -0.15) is 5.26 Å². The zero-order valence-corrected chi connectivity index (χ0v) is 13.1. The van der Waals surface area contributed by atoms with Gasteiger partial charge in [-0.15, -0.1) is 0 Å². The first-order chi connectivity index (χ1) is 11.6. The number of amides is 1. The van der Waals surface area contributed by atoms with Gasteiger partial charge in [-0.05, 0) is 31.2 Å². The van der Waals surface area contributed by atoms with E-state index in [0.29, 0.717) is 17.8 Å². The molecule has 120 valence electrons. The Morgan fingerprint density at radius 1 is 1.25 bits per heavy atom. The fourth-order valence-corrected chi connectivity index (χ4v) is 1.92. The lowest BCUT2D eigenvalue weighted by molar-refractivity contribution is -0.112. The molecule has 0 aliphatic rings. The summed E-state index contributed by atoms with van der Waals surface area (Å²) < 4.78 is 0. The molecular weight excluding hydrogens is 304 g/mol. The van der Waals surface area contributed by atoms with E-state index in [4.69, 9.17) is 5.26 Å². The Bertz CT molecular complexity index is 807. The highest BCUT2D eigenvalue weighted by Gasteiger charge is 2.10. The van der Waals surface area contributed by atoms with Gasteiger partial charge in [0.05, 0.1) is 12.2 Å². The molecule has 1 heterocycles. The van der Waals surface area contributed by atoms with Crippen molar-refractivity contribution in [2.24, 2.45) is 0 Å². The van der Waals surface area contributed by atoms with Gasteiger partial charge in [0.25, 0.3) is 5.91 Å². The number of nitriles is 1. The van der Waals surface area contributed by atoms with Crippen LogP contribution in [0.5, 0.6) is 0 Å². The first kappa shape index (κ1) is 16.9. The van der Waals surface area contributed by atoms with Crippen LogP contribution in [0, 0.1) is 11.3 Å². The van der Waals surface area contributed by atoms with E-state index in [1.807, 2.05) is 24.3 Å². The lowest BCUT2D eigenvalue weighted by atomic mass is 10.1. The molecule has 0 fully saturated rings. The van der Waals surface area contributed by atoms with Gasteiger partial charge in [0.15, 0.2) is 5.78 Å². The van der Waals surface area contributed by atoms with Crippen LogP contribution in [0.15, 0.2) is 60.4 Å². The zero-order valence-electron chi connectivity index (χ0n) is 13.1. The molecule has 0 aliphatic carbocycles. The Balaban J connectivity index is 2.01. The van der Waals surface area contributed by atoms with Gasteiger partial charge in [0.1, 0.15) is 11.6 Å².